The van der Waals surface area contributed by atoms with Crippen molar-refractivity contribution in [3.63, 3.8) is 0 Å². The normalized spacial score (nSPS) is 20.8. The van der Waals surface area contributed by atoms with Gasteiger partial charge in [-0.15, -0.1) is 0 Å². The van der Waals surface area contributed by atoms with Crippen LogP contribution in [0.15, 0.2) is 0 Å². The largest absolute Gasteiger partial charge is 0.481 e. The van der Waals surface area contributed by atoms with E-state index in [1.54, 1.807) is 83.1 Å². The number of nitrogens with two attached hydrogens (primary N) is 2. The van der Waals surface area contributed by atoms with Crippen LogP contribution < -0.4 is 91.2 Å². The molecular formula is C95H156N22O26. The summed E-state index contributed by atoms with van der Waals surface area (Å²) in [5, 5.41) is 69.2. The van der Waals surface area contributed by atoms with Gasteiger partial charge in [0.1, 0.15) is 115 Å². The lowest BCUT2D eigenvalue weighted by atomic mass is 9.98. The minimum Gasteiger partial charge on any atom is -0.481 e. The van der Waals surface area contributed by atoms with Crippen molar-refractivity contribution in [2.45, 2.75) is 379 Å². The molecule has 6 fully saturated rings. The van der Waals surface area contributed by atoms with Gasteiger partial charge in [0.05, 0.1) is 6.04 Å². The topological polar surface area (TPSA) is 702 Å². The van der Waals surface area contributed by atoms with E-state index in [-0.39, 0.29) is 122 Å². The molecule has 0 aromatic rings. The maximum atomic E-state index is 14.8. The summed E-state index contributed by atoms with van der Waals surface area (Å²) in [4.78, 5) is 323. The molecule has 20 amide bonds. The number of nitrogens with zero attached hydrogens (tertiary/aromatic N) is 5. The maximum absolute atomic E-state index is 14.8. The van der Waals surface area contributed by atoms with Crippen molar-refractivity contribution in [2.24, 2.45) is 47.0 Å². The molecule has 0 bridgehead atoms. The Kier molecular flexibility index (Phi) is 47.3. The van der Waals surface area contributed by atoms with Crippen LogP contribution >= 0.6 is 0 Å². The Morgan fingerprint density at radius 1 is 0.294 bits per heavy atom. The summed E-state index contributed by atoms with van der Waals surface area (Å²) in [7, 11) is 0. The second-order valence-electron chi connectivity index (χ2n) is 40.6. The third kappa shape index (κ3) is 35.3. The summed E-state index contributed by atoms with van der Waals surface area (Å²) >= 11 is 0. The fraction of sp³-hybridized carbons (Fsp3) is 0.758. The first-order valence-corrected chi connectivity index (χ1v) is 50.4. The van der Waals surface area contributed by atoms with Gasteiger partial charge in [-0.2, -0.15) is 0 Å². The highest BCUT2D eigenvalue weighted by atomic mass is 16.4. The summed E-state index contributed by atoms with van der Waals surface area (Å²) < 4.78 is 0. The number of rotatable bonds is 55. The molecular weight excluding hydrogens is 1870 g/mol. The van der Waals surface area contributed by atoms with Crippen molar-refractivity contribution in [3.05, 3.63) is 0 Å². The zero-order valence-corrected chi connectivity index (χ0v) is 85.3. The van der Waals surface area contributed by atoms with Crippen LogP contribution in [-0.2, 0) is 110 Å². The summed E-state index contributed by atoms with van der Waals surface area (Å²) in [5.41, 5.74) is 10.9. The molecule has 48 nitrogen and oxygen atoms in total. The van der Waals surface area contributed by atoms with Crippen LogP contribution in [0.4, 0.5) is 0 Å². The van der Waals surface area contributed by atoms with Crippen LogP contribution in [0.3, 0.4) is 0 Å². The van der Waals surface area contributed by atoms with Gasteiger partial charge in [0.25, 0.3) is 0 Å². The van der Waals surface area contributed by atoms with E-state index in [0.717, 1.165) is 11.3 Å². The maximum Gasteiger partial charge on any atom is 0.326 e. The Balaban J connectivity index is 1.04. The molecule has 6 heterocycles. The molecule has 48 heteroatoms. The number of carboxylic acids is 3. The number of likely N-dealkylation sites (tertiary alicyclic amines) is 5. The molecule has 6 rings (SSSR count). The third-order valence-electron chi connectivity index (χ3n) is 26.6. The van der Waals surface area contributed by atoms with Gasteiger partial charge in [-0.25, -0.2) is 4.79 Å². The second kappa shape index (κ2) is 56.7. The van der Waals surface area contributed by atoms with Crippen molar-refractivity contribution >= 4 is 136 Å². The highest BCUT2D eigenvalue weighted by Gasteiger charge is 2.49. The number of aliphatic carboxylic acids is 3. The lowest BCUT2D eigenvalue weighted by Crippen LogP contribution is -2.61. The van der Waals surface area contributed by atoms with Gasteiger partial charge in [-0.3, -0.25) is 105 Å². The predicted molar refractivity (Wildman–Crippen MR) is 515 cm³/mol. The van der Waals surface area contributed by atoms with Crippen molar-refractivity contribution in [2.75, 3.05) is 45.8 Å². The summed E-state index contributed by atoms with van der Waals surface area (Å²) in [5.74, 6) is -22.2. The second-order valence-corrected chi connectivity index (χ2v) is 40.6. The van der Waals surface area contributed by atoms with Crippen LogP contribution in [-0.4, -0.2) is 343 Å². The van der Waals surface area contributed by atoms with E-state index < -0.39 is 306 Å². The number of carboxylic acid groups (broad SMARTS) is 3. The number of nitrogens with one attached hydrogen (secondary N) is 15. The van der Waals surface area contributed by atoms with Crippen LogP contribution in [0.25, 0.3) is 0 Å². The summed E-state index contributed by atoms with van der Waals surface area (Å²) in [6.45, 7) is 26.7. The first kappa shape index (κ1) is 119. The van der Waals surface area contributed by atoms with Crippen LogP contribution in [0.2, 0.25) is 0 Å². The molecule has 143 heavy (non-hydrogen) atoms. The van der Waals surface area contributed by atoms with Gasteiger partial charge in [-0.1, -0.05) is 83.1 Å². The molecule has 0 radical (unpaired) electrons. The smallest absolute Gasteiger partial charge is 0.326 e. The van der Waals surface area contributed by atoms with Crippen LogP contribution in [0, 0.1) is 35.5 Å². The molecule has 6 aliphatic rings. The van der Waals surface area contributed by atoms with Gasteiger partial charge in [-0.05, 0) is 205 Å². The average molecular weight is 2020 g/mol. The van der Waals surface area contributed by atoms with Gasteiger partial charge >= 0.3 is 17.9 Å². The average Bonchev–Trinajstić information content (AvgIpc) is 1.69. The zero-order chi connectivity index (χ0) is 107. The van der Waals surface area contributed by atoms with Crippen LogP contribution in [0.5, 0.6) is 0 Å². The van der Waals surface area contributed by atoms with E-state index in [9.17, 15) is 126 Å². The number of amides is 20. The van der Waals surface area contributed by atoms with Gasteiger partial charge in [0.15, 0.2) is 0 Å². The first-order chi connectivity index (χ1) is 67.2. The number of carbonyl (C=O) groups excluding carboxylic acids is 20. The molecule has 802 valence electrons. The highest BCUT2D eigenvalue weighted by molar-refractivity contribution is 6.03. The van der Waals surface area contributed by atoms with E-state index in [0.29, 0.717) is 51.5 Å². The zero-order valence-electron chi connectivity index (χ0n) is 85.3. The minimum absolute atomic E-state index is 0.0179. The number of carbonyl (C=O) groups is 23. The molecule has 0 saturated carbocycles. The molecule has 0 aromatic carbocycles. The Morgan fingerprint density at radius 2 is 0.594 bits per heavy atom. The monoisotopic (exact) mass is 2020 g/mol. The Bertz CT molecular complexity index is 4550. The third-order valence-corrected chi connectivity index (χ3v) is 26.6. The molecule has 0 aromatic heterocycles. The lowest BCUT2D eigenvalue weighted by molar-refractivity contribution is -0.146. The minimum atomic E-state index is -1.60. The van der Waals surface area contributed by atoms with Crippen molar-refractivity contribution in [1.82, 2.24) is 104 Å². The Morgan fingerprint density at radius 3 is 0.923 bits per heavy atom. The quantitative estimate of drug-likeness (QED) is 0.0263. The van der Waals surface area contributed by atoms with Crippen molar-refractivity contribution in [1.29, 1.82) is 0 Å². The summed E-state index contributed by atoms with van der Waals surface area (Å²) in [6.07, 6.45) is 1.62. The number of hydrogen-bond acceptors (Lipinski definition) is 25. The first-order valence-electron chi connectivity index (χ1n) is 50.4. The van der Waals surface area contributed by atoms with Gasteiger partial charge in [0, 0.05) is 52.0 Å². The molecule has 6 saturated heterocycles. The predicted octanol–water partition coefficient (Wildman–Crippen LogP) is -3.51. The molecule has 22 N–H and O–H groups in total. The van der Waals surface area contributed by atoms with E-state index >= 15 is 0 Å². The Hall–Kier alpha value is -12.3. The van der Waals surface area contributed by atoms with E-state index in [1.807, 2.05) is 0 Å². The summed E-state index contributed by atoms with van der Waals surface area (Å²) in [6, 6.07) is -25.2. The van der Waals surface area contributed by atoms with E-state index in [2.05, 4.69) is 79.8 Å². The molecule has 20 atom stereocenters. The highest BCUT2D eigenvalue weighted by Crippen LogP contribution is 2.29. The Labute approximate surface area is 834 Å². The molecule has 0 spiro atoms. The van der Waals surface area contributed by atoms with E-state index in [4.69, 9.17) is 11.5 Å². The fourth-order valence-corrected chi connectivity index (χ4v) is 18.4. The van der Waals surface area contributed by atoms with Gasteiger partial charge < -0.3 is 131 Å². The van der Waals surface area contributed by atoms with Crippen LogP contribution in [0.1, 0.15) is 258 Å². The van der Waals surface area contributed by atoms with Crippen molar-refractivity contribution < 1.29 is 126 Å². The fourth-order valence-electron chi connectivity index (χ4n) is 18.4. The number of hydrogen-bond donors (Lipinski definition) is 20. The SMILES string of the molecule is CC(C)C[C@H](NC(=O)[C@@H]1CCCN1C(=O)[C@@H](NC(=O)[C@@H]1CCCN1C(=O)[C@H](CCC(=O)O)NC(=O)[C@H](C)NC(=O)[C@H](C)NC(=O)[C@@H]1CCCN1C(=O)[C@@H](NC(=O)[C@H](CC(C)C)NC(=O)[C@@H]1CCCN1C(=O)[C@@H](NC(=O)[C@@H]1CCCN1C(=O)[C@H](CCC(=O)O)NC(=O)[C@H](C)NC(=O)[C@H](C)NC(=O)[C@@H]1CCCN1)C(C)C)C(C)C)C(C)C)C(=O)N[C@H](C(=O)N[C@@H](CCCCN)C(=O)N[C@@H](CCC(N)=O)C(=O)O)C(C)C. The standard InChI is InChI=1S/C95H156N22O26/c1-47(2)45-62(82(129)109-72(49(5)6)89(136)103-58(25-17-18-38-96)81(128)106-61(95(142)143)32-35-69(97)118)107-85(132)65-28-23-43-116(65)93(140)74(51(9)10)111-87(134)68-31-21-41-114(68)91(138)60(34-37-71(121)122)105-79(126)56(16)100-77(124)54(14)102-84(131)64-27-22-42-115(64)92(139)73(50(7)8)110-83(130)63(46-48(3)4)108-86(133)66-29-24-44-117(66)94(141)75(52(11)12)112-88(135)67-30-20-40-113(67)90(137)59(33-36-70(119)120)104-78(125)55(15)99-76(123)53(13)101-80(127)57-26-19-39-98-57/h47-68,72-75,98H,17-46,96H2,1-16H3,(H2,97,118)(H,99,123)(H,100,124)(H,101,127)(H,102,131)(H,103,136)(H,104,125)(H,105,126)(H,106,128)(H,107,132)(H,108,133)(H,109,129)(H,110,130)(H,111,134)(H,112,135)(H,119,120)(H,121,122)(H,142,143)/t53-,54-,55-,56-,57-,58-,59-,60-,61-,62-,63-,64-,65-,66-,67-,68-,72-,73-,74-,75-/m0/s1. The van der Waals surface area contributed by atoms with Crippen molar-refractivity contribution in [3.8, 4) is 0 Å². The van der Waals surface area contributed by atoms with Gasteiger partial charge in [0.2, 0.25) is 118 Å². The lowest BCUT2D eigenvalue weighted by Gasteiger charge is -2.34. The molecule has 6 aliphatic heterocycles. The number of unbranched alkanes of at least 4 members (excludes halogenated alkanes) is 1. The van der Waals surface area contributed by atoms with E-state index in [1.165, 1.54) is 47.3 Å². The number of primary amides is 1. The molecule has 0 aliphatic carbocycles. The molecule has 0 unspecified atom stereocenters.